The molecule has 0 spiro atoms. The smallest absolute Gasteiger partial charge is 0.395 e. The van der Waals surface area contributed by atoms with E-state index in [2.05, 4.69) is 31.5 Å². The largest absolute Gasteiger partial charge is 0.397 e. The number of nitrogens with two attached hydrogens (primary N) is 1. The summed E-state index contributed by atoms with van der Waals surface area (Å²) in [5.74, 6) is 1.02. The molecule has 1 aromatic heterocycles. The molecule has 192 valence electrons. The number of hydrogen-bond acceptors (Lipinski definition) is 3. The van der Waals surface area contributed by atoms with Crippen LogP contribution in [0.25, 0.3) is 5.70 Å². The number of Topliss-reactive ketones (excluding diaryl/α,β-unsaturated/α-hetero) is 1. The SMILES string of the molecule is C=C(N)c1ccc(C2CCC(C)CC2)cn1.CC(=O)c1ccc(C(C)C(F)(F)F)cc1.CC1CC1. The van der Waals surface area contributed by atoms with Crippen molar-refractivity contribution in [1.82, 2.24) is 4.98 Å². The highest BCUT2D eigenvalue weighted by Gasteiger charge is 2.36. The molecule has 1 unspecified atom stereocenters. The van der Waals surface area contributed by atoms with Crippen LogP contribution in [0.4, 0.5) is 13.2 Å². The van der Waals surface area contributed by atoms with Gasteiger partial charge in [0.1, 0.15) is 0 Å². The molecule has 0 saturated heterocycles. The van der Waals surface area contributed by atoms with Crippen LogP contribution in [-0.4, -0.2) is 16.9 Å². The Morgan fingerprint density at radius 3 is 1.86 bits per heavy atom. The lowest BCUT2D eigenvalue weighted by atomic mass is 9.80. The number of pyridine rings is 1. The Balaban J connectivity index is 0.000000213. The van der Waals surface area contributed by atoms with E-state index in [0.29, 0.717) is 17.2 Å². The van der Waals surface area contributed by atoms with Gasteiger partial charge in [0.15, 0.2) is 5.78 Å². The summed E-state index contributed by atoms with van der Waals surface area (Å²) >= 11 is 0. The fourth-order valence-corrected chi connectivity index (χ4v) is 3.79. The Hall–Kier alpha value is -2.63. The summed E-state index contributed by atoms with van der Waals surface area (Å²) in [4.78, 5) is 15.2. The van der Waals surface area contributed by atoms with Crippen LogP contribution in [0.15, 0.2) is 49.2 Å². The van der Waals surface area contributed by atoms with Crippen molar-refractivity contribution in [1.29, 1.82) is 0 Å². The van der Waals surface area contributed by atoms with Gasteiger partial charge < -0.3 is 5.73 Å². The minimum absolute atomic E-state index is 0.152. The molecule has 2 fully saturated rings. The predicted octanol–water partition coefficient (Wildman–Crippen LogP) is 8.28. The minimum atomic E-state index is -4.24. The fourth-order valence-electron chi connectivity index (χ4n) is 3.79. The van der Waals surface area contributed by atoms with Crippen LogP contribution in [0.3, 0.4) is 0 Å². The number of benzene rings is 1. The third-order valence-electron chi connectivity index (χ3n) is 6.78. The van der Waals surface area contributed by atoms with Crippen LogP contribution in [0.2, 0.25) is 0 Å². The molecule has 2 aromatic rings. The number of aromatic nitrogens is 1. The maximum atomic E-state index is 12.3. The van der Waals surface area contributed by atoms with Crippen LogP contribution in [-0.2, 0) is 0 Å². The molecule has 0 radical (unpaired) electrons. The number of carbonyl (C=O) groups is 1. The molecular formula is C29H39F3N2O. The molecule has 3 nitrogen and oxygen atoms in total. The van der Waals surface area contributed by atoms with E-state index in [-0.39, 0.29) is 11.3 Å². The topological polar surface area (TPSA) is 56.0 Å². The highest BCUT2D eigenvalue weighted by Crippen LogP contribution is 2.35. The second-order valence-electron chi connectivity index (χ2n) is 10.1. The Morgan fingerprint density at radius 1 is 0.971 bits per heavy atom. The molecule has 0 aliphatic heterocycles. The van der Waals surface area contributed by atoms with E-state index >= 15 is 0 Å². The van der Waals surface area contributed by atoms with Gasteiger partial charge in [-0.05, 0) is 61.6 Å². The van der Waals surface area contributed by atoms with E-state index in [4.69, 9.17) is 5.73 Å². The lowest BCUT2D eigenvalue weighted by molar-refractivity contribution is -0.146. The molecule has 2 aliphatic carbocycles. The number of halogens is 3. The van der Waals surface area contributed by atoms with Gasteiger partial charge in [0.2, 0.25) is 0 Å². The first-order chi connectivity index (χ1) is 16.4. The fraction of sp³-hybridized carbons (Fsp3) is 0.517. The van der Waals surface area contributed by atoms with Crippen LogP contribution in [0.5, 0.6) is 0 Å². The molecule has 2 N–H and O–H groups in total. The lowest BCUT2D eigenvalue weighted by Crippen LogP contribution is -2.17. The van der Waals surface area contributed by atoms with Crippen LogP contribution in [0, 0.1) is 11.8 Å². The van der Waals surface area contributed by atoms with Crippen molar-refractivity contribution >= 4 is 11.5 Å². The maximum Gasteiger partial charge on any atom is 0.395 e. The van der Waals surface area contributed by atoms with Gasteiger partial charge in [-0.1, -0.05) is 76.4 Å². The van der Waals surface area contributed by atoms with E-state index in [1.54, 1.807) is 0 Å². The van der Waals surface area contributed by atoms with Crippen molar-refractivity contribution in [2.24, 2.45) is 17.6 Å². The lowest BCUT2D eigenvalue weighted by Gasteiger charge is -2.26. The average molecular weight is 489 g/mol. The predicted molar refractivity (Wildman–Crippen MR) is 137 cm³/mol. The number of nitrogens with zero attached hydrogens (tertiary/aromatic N) is 1. The van der Waals surface area contributed by atoms with Gasteiger partial charge >= 0.3 is 6.18 Å². The van der Waals surface area contributed by atoms with Gasteiger partial charge in [0, 0.05) is 11.8 Å². The van der Waals surface area contributed by atoms with Crippen molar-refractivity contribution in [3.05, 3.63) is 71.6 Å². The zero-order chi connectivity index (χ0) is 26.2. The number of carbonyl (C=O) groups excluding carboxylic acids is 1. The Bertz CT molecular complexity index is 939. The molecule has 1 aromatic carbocycles. The van der Waals surface area contributed by atoms with Crippen molar-refractivity contribution in [2.75, 3.05) is 0 Å². The summed E-state index contributed by atoms with van der Waals surface area (Å²) in [5, 5.41) is 0. The van der Waals surface area contributed by atoms with Crippen molar-refractivity contribution in [3.8, 4) is 0 Å². The van der Waals surface area contributed by atoms with E-state index in [0.717, 1.165) is 24.5 Å². The van der Waals surface area contributed by atoms with Gasteiger partial charge in [-0.3, -0.25) is 9.78 Å². The Kier molecular flexibility index (Phi) is 10.5. The highest BCUT2D eigenvalue weighted by molar-refractivity contribution is 5.94. The van der Waals surface area contributed by atoms with Gasteiger partial charge in [0.25, 0.3) is 0 Å². The maximum absolute atomic E-state index is 12.3. The second-order valence-corrected chi connectivity index (χ2v) is 10.1. The van der Waals surface area contributed by atoms with Gasteiger partial charge in [0.05, 0.1) is 17.3 Å². The Morgan fingerprint density at radius 2 is 1.49 bits per heavy atom. The molecule has 35 heavy (non-hydrogen) atoms. The minimum Gasteiger partial charge on any atom is -0.397 e. The first-order valence-corrected chi connectivity index (χ1v) is 12.5. The van der Waals surface area contributed by atoms with Crippen molar-refractivity contribution in [2.45, 2.75) is 84.2 Å². The van der Waals surface area contributed by atoms with E-state index in [1.165, 1.54) is 75.3 Å². The summed E-state index contributed by atoms with van der Waals surface area (Å²) in [7, 11) is 0. The zero-order valence-electron chi connectivity index (χ0n) is 21.4. The third-order valence-corrected chi connectivity index (χ3v) is 6.78. The summed E-state index contributed by atoms with van der Waals surface area (Å²) in [6.07, 6.45) is 5.98. The van der Waals surface area contributed by atoms with E-state index < -0.39 is 12.1 Å². The highest BCUT2D eigenvalue weighted by atomic mass is 19.4. The molecule has 0 bridgehead atoms. The Labute approximate surface area is 208 Å². The average Bonchev–Trinajstić information content (AvgIpc) is 3.61. The van der Waals surface area contributed by atoms with Crippen LogP contribution in [0.1, 0.15) is 105 Å². The van der Waals surface area contributed by atoms with E-state index in [9.17, 15) is 18.0 Å². The summed E-state index contributed by atoms with van der Waals surface area (Å²) < 4.78 is 37.0. The molecule has 6 heteroatoms. The van der Waals surface area contributed by atoms with Gasteiger partial charge in [-0.2, -0.15) is 13.2 Å². The molecule has 1 heterocycles. The molecule has 1 atom stereocenters. The van der Waals surface area contributed by atoms with Crippen LogP contribution < -0.4 is 5.73 Å². The van der Waals surface area contributed by atoms with Crippen molar-refractivity contribution < 1.29 is 18.0 Å². The number of hydrogen-bond donors (Lipinski definition) is 1. The van der Waals surface area contributed by atoms with Gasteiger partial charge in [-0.15, -0.1) is 0 Å². The zero-order valence-corrected chi connectivity index (χ0v) is 21.4. The molecule has 0 amide bonds. The van der Waals surface area contributed by atoms with Crippen molar-refractivity contribution in [3.63, 3.8) is 0 Å². The van der Waals surface area contributed by atoms with E-state index in [1.807, 2.05) is 12.3 Å². The molecule has 2 aliphatic rings. The summed E-state index contributed by atoms with van der Waals surface area (Å²) in [5.41, 5.74) is 8.90. The molecule has 2 saturated carbocycles. The monoisotopic (exact) mass is 488 g/mol. The summed E-state index contributed by atoms with van der Waals surface area (Å²) in [6.45, 7) is 10.8. The second kappa shape index (κ2) is 12.9. The number of rotatable bonds is 4. The number of alkyl halides is 3. The van der Waals surface area contributed by atoms with Gasteiger partial charge in [-0.25, -0.2) is 0 Å². The normalized spacial score (nSPS) is 20.4. The molecular weight excluding hydrogens is 449 g/mol. The third kappa shape index (κ3) is 9.87. The summed E-state index contributed by atoms with van der Waals surface area (Å²) in [6, 6.07) is 9.65. The first kappa shape index (κ1) is 28.6. The molecule has 4 rings (SSSR count). The van der Waals surface area contributed by atoms with Crippen LogP contribution >= 0.6 is 0 Å². The standard InChI is InChI=1S/C14H20N2.C11H11F3O.C4H8/c1-10-3-5-12(6-4-10)13-7-8-14(11(2)15)16-9-13;1-7(11(12,13)14)9-3-5-10(6-4-9)8(2)15;1-4-2-3-4/h7-10,12H,2-6,15H2,1H3;3-7H,1-2H3;4H,2-3H2,1H3. The quantitative estimate of drug-likeness (QED) is 0.441. The number of ketones is 1. The first-order valence-electron chi connectivity index (χ1n) is 12.5.